The summed E-state index contributed by atoms with van der Waals surface area (Å²) in [6.07, 6.45) is 3.66. The van der Waals surface area contributed by atoms with Gasteiger partial charge >= 0.3 is 0 Å². The van der Waals surface area contributed by atoms with Crippen molar-refractivity contribution in [2.75, 3.05) is 0 Å². The first-order valence-corrected chi connectivity index (χ1v) is 13.7. The van der Waals surface area contributed by atoms with E-state index in [-0.39, 0.29) is 25.5 Å². The SMILES string of the molecule is Cc1nc2ccc3oc4c(-c5cc(C(C)(C)C)ccn5)[c-]ccc4c3c2s1.[Ir].[c-]1ccccc1-c1ccccn1. The van der Waals surface area contributed by atoms with Crippen molar-refractivity contribution in [3.63, 3.8) is 0 Å². The summed E-state index contributed by atoms with van der Waals surface area (Å²) in [5.74, 6) is 0. The third-order valence-electron chi connectivity index (χ3n) is 6.59. The van der Waals surface area contributed by atoms with Crippen molar-refractivity contribution in [2.45, 2.75) is 33.1 Å². The zero-order valence-corrected chi connectivity index (χ0v) is 25.9. The number of aromatic nitrogens is 3. The molecule has 0 bridgehead atoms. The van der Waals surface area contributed by atoms with Gasteiger partial charge in [-0.05, 0) is 53.6 Å². The molecule has 0 aliphatic heterocycles. The van der Waals surface area contributed by atoms with Crippen LogP contribution in [-0.2, 0) is 25.5 Å². The van der Waals surface area contributed by atoms with Gasteiger partial charge in [0.05, 0.1) is 20.8 Å². The summed E-state index contributed by atoms with van der Waals surface area (Å²) < 4.78 is 7.47. The van der Waals surface area contributed by atoms with Crippen LogP contribution in [0.2, 0.25) is 0 Å². The summed E-state index contributed by atoms with van der Waals surface area (Å²) in [6, 6.07) is 32.5. The largest absolute Gasteiger partial charge is 0.501 e. The second-order valence-corrected chi connectivity index (χ2v) is 11.6. The first-order valence-electron chi connectivity index (χ1n) is 12.9. The summed E-state index contributed by atoms with van der Waals surface area (Å²) >= 11 is 1.71. The smallest absolute Gasteiger partial charge is 0.122 e. The summed E-state index contributed by atoms with van der Waals surface area (Å²) in [6.45, 7) is 8.67. The van der Waals surface area contributed by atoms with E-state index in [2.05, 4.69) is 66.1 Å². The predicted octanol–water partition coefficient (Wildman–Crippen LogP) is 9.21. The molecule has 1 radical (unpaired) electrons. The molecule has 3 aromatic carbocycles. The topological polar surface area (TPSA) is 51.8 Å². The first-order chi connectivity index (χ1) is 18.9. The second kappa shape index (κ2) is 11.4. The Hall–Kier alpha value is -3.70. The number of thiazole rings is 1. The van der Waals surface area contributed by atoms with E-state index in [9.17, 15) is 0 Å². The van der Waals surface area contributed by atoms with Crippen LogP contribution in [0.15, 0.2) is 95.7 Å². The molecule has 201 valence electrons. The molecule has 4 heterocycles. The molecule has 0 aliphatic rings. The van der Waals surface area contributed by atoms with Gasteiger partial charge in [-0.2, -0.15) is 0 Å². The molecule has 0 saturated heterocycles. The van der Waals surface area contributed by atoms with E-state index in [1.54, 1.807) is 17.5 Å². The van der Waals surface area contributed by atoms with E-state index in [0.717, 1.165) is 55.0 Å². The molecule has 7 aromatic rings. The van der Waals surface area contributed by atoms with E-state index in [0.29, 0.717) is 0 Å². The molecule has 0 N–H and O–H groups in total. The fourth-order valence-corrected chi connectivity index (χ4v) is 5.59. The van der Waals surface area contributed by atoms with Crippen LogP contribution in [-0.4, -0.2) is 15.0 Å². The third kappa shape index (κ3) is 5.48. The van der Waals surface area contributed by atoms with Crippen molar-refractivity contribution >= 4 is 43.5 Å². The van der Waals surface area contributed by atoms with Gasteiger partial charge in [0.25, 0.3) is 0 Å². The van der Waals surface area contributed by atoms with E-state index in [1.165, 1.54) is 10.3 Å². The van der Waals surface area contributed by atoms with Crippen LogP contribution >= 0.6 is 11.3 Å². The van der Waals surface area contributed by atoms with Gasteiger partial charge in [0.15, 0.2) is 0 Å². The fraction of sp³-hybridized carbons (Fsp3) is 0.147. The average Bonchev–Trinajstić information content (AvgIpc) is 3.53. The number of aryl methyl sites for hydroxylation is 1. The quantitative estimate of drug-likeness (QED) is 0.168. The van der Waals surface area contributed by atoms with Crippen molar-refractivity contribution in [3.05, 3.63) is 114 Å². The maximum atomic E-state index is 6.29. The van der Waals surface area contributed by atoms with Gasteiger partial charge in [0.1, 0.15) is 5.58 Å². The van der Waals surface area contributed by atoms with Crippen molar-refractivity contribution in [1.29, 1.82) is 0 Å². The van der Waals surface area contributed by atoms with Crippen molar-refractivity contribution < 1.29 is 24.5 Å². The van der Waals surface area contributed by atoms with Crippen LogP contribution in [0.1, 0.15) is 31.3 Å². The Labute approximate surface area is 251 Å². The van der Waals surface area contributed by atoms with Crippen LogP contribution in [0.25, 0.3) is 54.7 Å². The van der Waals surface area contributed by atoms with Gasteiger partial charge < -0.3 is 14.4 Å². The number of benzene rings is 3. The Morgan fingerprint density at radius 2 is 1.65 bits per heavy atom. The number of rotatable bonds is 2. The standard InChI is InChI=1S/C23H19N2OS.C11H8N.Ir/c1-13-25-17-8-9-19-20(22(17)27-13)16-7-5-6-15(21(16)26-19)18-12-14(10-11-24-18)23(2,3)4;1-2-6-10(7-3-1)11-8-4-5-9-12-11;/h5,7-12H,1-4H3;1-6,8-9H;/q2*-1;. The predicted molar refractivity (Wildman–Crippen MR) is 161 cm³/mol. The number of fused-ring (bicyclic) bond motifs is 5. The molecule has 0 saturated carbocycles. The molecule has 4 nitrogen and oxygen atoms in total. The number of hydrogen-bond acceptors (Lipinski definition) is 5. The van der Waals surface area contributed by atoms with Crippen LogP contribution in [0.4, 0.5) is 0 Å². The molecule has 0 spiro atoms. The van der Waals surface area contributed by atoms with Crippen LogP contribution < -0.4 is 0 Å². The van der Waals surface area contributed by atoms with Crippen molar-refractivity contribution in [2.24, 2.45) is 0 Å². The fourth-order valence-electron chi connectivity index (χ4n) is 4.62. The number of furan rings is 1. The number of nitrogens with zero attached hydrogens (tertiary/aromatic N) is 3. The zero-order valence-electron chi connectivity index (χ0n) is 22.7. The second-order valence-electron chi connectivity index (χ2n) is 10.4. The molecule has 0 aliphatic carbocycles. The normalized spacial score (nSPS) is 11.3. The number of pyridine rings is 2. The number of hydrogen-bond donors (Lipinski definition) is 0. The molecule has 0 unspecified atom stereocenters. The van der Waals surface area contributed by atoms with Gasteiger partial charge in [0, 0.05) is 37.9 Å². The van der Waals surface area contributed by atoms with Crippen LogP contribution in [0, 0.1) is 19.1 Å². The molecule has 40 heavy (non-hydrogen) atoms. The molecular weight excluding hydrogens is 691 g/mol. The minimum Gasteiger partial charge on any atom is -0.501 e. The Balaban J connectivity index is 0.000000209. The van der Waals surface area contributed by atoms with Crippen LogP contribution in [0.5, 0.6) is 0 Å². The molecule has 0 fully saturated rings. The van der Waals surface area contributed by atoms with Crippen molar-refractivity contribution in [1.82, 2.24) is 15.0 Å². The maximum absolute atomic E-state index is 6.29. The third-order valence-corrected chi connectivity index (χ3v) is 7.59. The van der Waals surface area contributed by atoms with Gasteiger partial charge in [0.2, 0.25) is 0 Å². The van der Waals surface area contributed by atoms with Crippen molar-refractivity contribution in [3.8, 4) is 22.5 Å². The Morgan fingerprint density at radius 3 is 2.40 bits per heavy atom. The molecular formula is C34H27IrN3OS-2. The minimum absolute atomic E-state index is 0. The van der Waals surface area contributed by atoms with Crippen LogP contribution in [0.3, 0.4) is 0 Å². The van der Waals surface area contributed by atoms with Gasteiger partial charge in [-0.1, -0.05) is 49.9 Å². The van der Waals surface area contributed by atoms with E-state index in [4.69, 9.17) is 4.42 Å². The van der Waals surface area contributed by atoms with E-state index in [1.807, 2.05) is 73.8 Å². The Kier molecular flexibility index (Phi) is 7.95. The maximum Gasteiger partial charge on any atom is 0.122 e. The van der Waals surface area contributed by atoms with E-state index < -0.39 is 0 Å². The molecule has 7 rings (SSSR count). The molecule has 6 heteroatoms. The monoisotopic (exact) mass is 718 g/mol. The van der Waals surface area contributed by atoms with Gasteiger partial charge in [-0.15, -0.1) is 65.4 Å². The zero-order chi connectivity index (χ0) is 27.0. The summed E-state index contributed by atoms with van der Waals surface area (Å²) in [7, 11) is 0. The first kappa shape index (κ1) is 27.9. The Morgan fingerprint density at radius 1 is 0.825 bits per heavy atom. The van der Waals surface area contributed by atoms with E-state index >= 15 is 0 Å². The van der Waals surface area contributed by atoms with Gasteiger partial charge in [-0.3, -0.25) is 0 Å². The molecule has 0 atom stereocenters. The van der Waals surface area contributed by atoms with Gasteiger partial charge in [-0.25, -0.2) is 4.98 Å². The average molecular weight is 718 g/mol. The molecule has 4 aromatic heterocycles. The Bertz CT molecular complexity index is 1870. The summed E-state index contributed by atoms with van der Waals surface area (Å²) in [4.78, 5) is 13.5. The summed E-state index contributed by atoms with van der Waals surface area (Å²) in [5, 5.41) is 3.29. The molecule has 0 amide bonds. The summed E-state index contributed by atoms with van der Waals surface area (Å²) in [5.41, 5.74) is 7.86. The minimum atomic E-state index is 0.